The predicted octanol–water partition coefficient (Wildman–Crippen LogP) is 2.60. The summed E-state index contributed by atoms with van der Waals surface area (Å²) in [7, 11) is -1.85. The third-order valence-corrected chi connectivity index (χ3v) is 4.72. The van der Waals surface area contributed by atoms with Crippen molar-refractivity contribution in [3.05, 3.63) is 60.2 Å². The Hall–Kier alpha value is -1.85. The minimum atomic E-state index is -3.47. The Kier molecular flexibility index (Phi) is 4.98. The number of ether oxygens (including phenoxy) is 1. The van der Waals surface area contributed by atoms with Crippen LogP contribution < -0.4 is 9.46 Å². The Labute approximate surface area is 125 Å². The molecule has 112 valence electrons. The van der Waals surface area contributed by atoms with Gasteiger partial charge in [-0.15, -0.1) is 0 Å². The molecule has 1 N–H and O–H groups in total. The second-order valence-corrected chi connectivity index (χ2v) is 6.60. The van der Waals surface area contributed by atoms with Gasteiger partial charge in [-0.2, -0.15) is 0 Å². The Bertz CT molecular complexity index is 666. The number of hydrogen-bond donors (Lipinski definition) is 1. The number of rotatable bonds is 6. The largest absolute Gasteiger partial charge is 0.497 e. The smallest absolute Gasteiger partial charge is 0.240 e. The normalized spacial score (nSPS) is 12.9. The van der Waals surface area contributed by atoms with Crippen LogP contribution in [0.3, 0.4) is 0 Å². The van der Waals surface area contributed by atoms with Crippen LogP contribution in [0.5, 0.6) is 5.75 Å². The molecular weight excluding hydrogens is 286 g/mol. The third-order valence-electron chi connectivity index (χ3n) is 3.11. The van der Waals surface area contributed by atoms with Crippen LogP contribution in [0.25, 0.3) is 0 Å². The van der Waals surface area contributed by atoms with E-state index in [0.29, 0.717) is 6.42 Å². The van der Waals surface area contributed by atoms with Crippen molar-refractivity contribution in [2.75, 3.05) is 7.11 Å². The van der Waals surface area contributed by atoms with Gasteiger partial charge >= 0.3 is 0 Å². The quantitative estimate of drug-likeness (QED) is 0.892. The lowest BCUT2D eigenvalue weighted by atomic mass is 10.1. The number of nitrogens with one attached hydrogen (secondary N) is 1. The first kappa shape index (κ1) is 15.5. The van der Waals surface area contributed by atoms with Gasteiger partial charge in [0.25, 0.3) is 0 Å². The van der Waals surface area contributed by atoms with E-state index in [-0.39, 0.29) is 10.9 Å². The van der Waals surface area contributed by atoms with E-state index in [1.165, 1.54) is 0 Å². The van der Waals surface area contributed by atoms with Crippen molar-refractivity contribution in [2.45, 2.75) is 24.3 Å². The summed E-state index contributed by atoms with van der Waals surface area (Å²) in [4.78, 5) is 0.284. The Morgan fingerprint density at radius 1 is 1.05 bits per heavy atom. The van der Waals surface area contributed by atoms with Crippen LogP contribution in [-0.4, -0.2) is 21.6 Å². The number of hydrogen-bond acceptors (Lipinski definition) is 3. The zero-order valence-corrected chi connectivity index (χ0v) is 12.9. The Morgan fingerprint density at radius 3 is 2.24 bits per heavy atom. The van der Waals surface area contributed by atoms with Gasteiger partial charge < -0.3 is 4.74 Å². The van der Waals surface area contributed by atoms with Crippen LogP contribution in [0.1, 0.15) is 12.5 Å². The third kappa shape index (κ3) is 4.31. The standard InChI is InChI=1S/C16H19NO3S/c1-13(12-14-8-10-15(20-2)11-9-14)17-21(18,19)16-6-4-3-5-7-16/h3-11,13,17H,12H2,1-2H3. The van der Waals surface area contributed by atoms with Gasteiger partial charge in [-0.3, -0.25) is 0 Å². The fourth-order valence-electron chi connectivity index (χ4n) is 2.09. The van der Waals surface area contributed by atoms with Gasteiger partial charge in [0.2, 0.25) is 10.0 Å². The second kappa shape index (κ2) is 6.74. The highest BCUT2D eigenvalue weighted by Gasteiger charge is 2.16. The number of benzene rings is 2. The molecular formula is C16H19NO3S. The van der Waals surface area contributed by atoms with E-state index in [4.69, 9.17) is 4.74 Å². The van der Waals surface area contributed by atoms with Crippen LogP contribution in [-0.2, 0) is 16.4 Å². The minimum absolute atomic E-state index is 0.191. The van der Waals surface area contributed by atoms with Gasteiger partial charge in [0, 0.05) is 6.04 Å². The van der Waals surface area contributed by atoms with Gasteiger partial charge in [0.1, 0.15) is 5.75 Å². The highest BCUT2D eigenvalue weighted by Crippen LogP contribution is 2.14. The molecule has 1 atom stereocenters. The maximum atomic E-state index is 12.2. The van der Waals surface area contributed by atoms with Gasteiger partial charge in [-0.25, -0.2) is 13.1 Å². The first-order chi connectivity index (χ1) is 10.0. The van der Waals surface area contributed by atoms with Crippen LogP contribution in [0.4, 0.5) is 0 Å². The van der Waals surface area contributed by atoms with Crippen LogP contribution in [0.2, 0.25) is 0 Å². The first-order valence-electron chi connectivity index (χ1n) is 6.71. The molecule has 0 saturated carbocycles. The summed E-state index contributed by atoms with van der Waals surface area (Å²) >= 11 is 0. The van der Waals surface area contributed by atoms with Crippen LogP contribution in [0, 0.1) is 0 Å². The van der Waals surface area contributed by atoms with E-state index < -0.39 is 10.0 Å². The van der Waals surface area contributed by atoms with Gasteiger partial charge in [0.15, 0.2) is 0 Å². The molecule has 0 aliphatic carbocycles. The molecule has 0 aliphatic rings. The highest BCUT2D eigenvalue weighted by atomic mass is 32.2. The zero-order chi connectivity index (χ0) is 15.3. The van der Waals surface area contributed by atoms with E-state index in [1.54, 1.807) is 37.4 Å². The minimum Gasteiger partial charge on any atom is -0.497 e. The van der Waals surface area contributed by atoms with Crippen LogP contribution in [0.15, 0.2) is 59.5 Å². The van der Waals surface area contributed by atoms with Crippen molar-refractivity contribution in [3.8, 4) is 5.75 Å². The summed E-state index contributed by atoms with van der Waals surface area (Å²) in [6.45, 7) is 1.85. The second-order valence-electron chi connectivity index (χ2n) is 4.89. The monoisotopic (exact) mass is 305 g/mol. The molecule has 2 rings (SSSR count). The van der Waals surface area contributed by atoms with Crippen molar-refractivity contribution in [1.29, 1.82) is 0 Å². The van der Waals surface area contributed by atoms with Gasteiger partial charge in [-0.1, -0.05) is 30.3 Å². The molecule has 0 aliphatic heterocycles. The molecule has 2 aromatic rings. The molecule has 21 heavy (non-hydrogen) atoms. The van der Waals surface area contributed by atoms with Gasteiger partial charge in [-0.05, 0) is 43.2 Å². The van der Waals surface area contributed by atoms with E-state index in [9.17, 15) is 8.42 Å². The van der Waals surface area contributed by atoms with Gasteiger partial charge in [0.05, 0.1) is 12.0 Å². The maximum absolute atomic E-state index is 12.2. The zero-order valence-electron chi connectivity index (χ0n) is 12.1. The molecule has 2 aromatic carbocycles. The summed E-state index contributed by atoms with van der Waals surface area (Å²) in [5, 5.41) is 0. The summed E-state index contributed by atoms with van der Waals surface area (Å²) in [5.74, 6) is 0.788. The number of methoxy groups -OCH3 is 1. The van der Waals surface area contributed by atoms with Crippen molar-refractivity contribution >= 4 is 10.0 Å². The molecule has 1 unspecified atom stereocenters. The summed E-state index contributed by atoms with van der Waals surface area (Å²) in [5.41, 5.74) is 1.05. The Balaban J connectivity index is 2.02. The molecule has 0 amide bonds. The average molecular weight is 305 g/mol. The molecule has 4 nitrogen and oxygen atoms in total. The fraction of sp³-hybridized carbons (Fsp3) is 0.250. The molecule has 0 spiro atoms. The molecule has 0 heterocycles. The fourth-order valence-corrected chi connectivity index (χ4v) is 3.35. The lowest BCUT2D eigenvalue weighted by molar-refractivity contribution is 0.414. The summed E-state index contributed by atoms with van der Waals surface area (Å²) in [6, 6.07) is 15.8. The van der Waals surface area contributed by atoms with E-state index in [2.05, 4.69) is 4.72 Å². The maximum Gasteiger partial charge on any atom is 0.240 e. The van der Waals surface area contributed by atoms with Crippen LogP contribution >= 0.6 is 0 Å². The Morgan fingerprint density at radius 2 is 1.67 bits per heavy atom. The molecule has 0 saturated heterocycles. The molecule has 0 aromatic heterocycles. The van der Waals surface area contributed by atoms with E-state index >= 15 is 0 Å². The summed E-state index contributed by atoms with van der Waals surface area (Å²) < 4.78 is 32.2. The van der Waals surface area contributed by atoms with Crippen molar-refractivity contribution in [1.82, 2.24) is 4.72 Å². The average Bonchev–Trinajstić information content (AvgIpc) is 2.48. The van der Waals surface area contributed by atoms with Crippen molar-refractivity contribution in [3.63, 3.8) is 0 Å². The lowest BCUT2D eigenvalue weighted by Crippen LogP contribution is -2.34. The topological polar surface area (TPSA) is 55.4 Å². The van der Waals surface area contributed by atoms with E-state index in [1.807, 2.05) is 31.2 Å². The van der Waals surface area contributed by atoms with E-state index in [0.717, 1.165) is 11.3 Å². The summed E-state index contributed by atoms with van der Waals surface area (Å²) in [6.07, 6.45) is 0.621. The molecule has 0 bridgehead atoms. The van der Waals surface area contributed by atoms with Crippen molar-refractivity contribution < 1.29 is 13.2 Å². The van der Waals surface area contributed by atoms with Crippen molar-refractivity contribution in [2.24, 2.45) is 0 Å². The number of sulfonamides is 1. The highest BCUT2D eigenvalue weighted by molar-refractivity contribution is 7.89. The molecule has 0 fully saturated rings. The first-order valence-corrected chi connectivity index (χ1v) is 8.20. The lowest BCUT2D eigenvalue weighted by Gasteiger charge is -2.14. The SMILES string of the molecule is COc1ccc(CC(C)NS(=O)(=O)c2ccccc2)cc1. The molecule has 5 heteroatoms. The predicted molar refractivity (Wildman–Crippen MR) is 82.9 cm³/mol. The molecule has 0 radical (unpaired) electrons.